The average molecular weight is 318 g/mol. The molecule has 3 aromatic rings. The minimum atomic E-state index is -0.980. The lowest BCUT2D eigenvalue weighted by Gasteiger charge is -2.04. The van der Waals surface area contributed by atoms with Crippen molar-refractivity contribution in [2.24, 2.45) is 0 Å². The highest BCUT2D eigenvalue weighted by Crippen LogP contribution is 2.24. The van der Waals surface area contributed by atoms with E-state index in [2.05, 4.69) is 0 Å². The maximum atomic E-state index is 11.5. The first-order chi connectivity index (χ1) is 11.7. The van der Waals surface area contributed by atoms with E-state index in [1.54, 1.807) is 42.5 Å². The summed E-state index contributed by atoms with van der Waals surface area (Å²) in [6, 6.07) is 19.6. The number of carbonyl (C=O) groups excluding carboxylic acids is 1. The van der Waals surface area contributed by atoms with Crippen molar-refractivity contribution in [1.82, 2.24) is 0 Å². The fourth-order valence-corrected chi connectivity index (χ4v) is 2.37. The number of rotatable bonds is 5. The number of aldehydes is 1. The number of carboxylic acid groups (broad SMARTS) is 1. The molecule has 0 spiro atoms. The van der Waals surface area contributed by atoms with E-state index in [4.69, 9.17) is 4.42 Å². The Bertz CT molecular complexity index is 887. The molecule has 0 fully saturated rings. The molecule has 4 nitrogen and oxygen atoms in total. The summed E-state index contributed by atoms with van der Waals surface area (Å²) in [4.78, 5) is 22.2. The van der Waals surface area contributed by atoms with Crippen LogP contribution in [0, 0.1) is 0 Å². The van der Waals surface area contributed by atoms with Gasteiger partial charge in [-0.2, -0.15) is 0 Å². The molecule has 0 radical (unpaired) electrons. The molecule has 118 valence electrons. The maximum absolute atomic E-state index is 11.5. The summed E-state index contributed by atoms with van der Waals surface area (Å²) in [6.45, 7) is 0. The fourth-order valence-electron chi connectivity index (χ4n) is 2.37. The molecule has 0 aliphatic heterocycles. The molecule has 0 bridgehead atoms. The van der Waals surface area contributed by atoms with Gasteiger partial charge in [-0.1, -0.05) is 54.6 Å². The lowest BCUT2D eigenvalue weighted by Crippen LogP contribution is -1.99. The molecule has 0 unspecified atom stereocenters. The summed E-state index contributed by atoms with van der Waals surface area (Å²) in [5.74, 6) is -0.118. The van der Waals surface area contributed by atoms with E-state index in [0.29, 0.717) is 17.6 Å². The predicted octanol–water partition coefficient (Wildman–Crippen LogP) is 4.38. The third kappa shape index (κ3) is 3.33. The Morgan fingerprint density at radius 2 is 1.62 bits per heavy atom. The van der Waals surface area contributed by atoms with Crippen LogP contribution in [0.4, 0.5) is 0 Å². The Labute approximate surface area is 138 Å². The zero-order valence-corrected chi connectivity index (χ0v) is 12.7. The van der Waals surface area contributed by atoms with Crippen LogP contribution in [0.3, 0.4) is 0 Å². The quantitative estimate of drug-likeness (QED) is 0.430. The highest BCUT2D eigenvalue weighted by Gasteiger charge is 2.10. The Balaban J connectivity index is 1.91. The minimum Gasteiger partial charge on any atom is -0.478 e. The number of hydrogen-bond acceptors (Lipinski definition) is 3. The van der Waals surface area contributed by atoms with Crippen LogP contribution in [-0.4, -0.2) is 17.4 Å². The third-order valence-electron chi connectivity index (χ3n) is 3.56. The lowest BCUT2D eigenvalue weighted by molar-refractivity contribution is -0.130. The van der Waals surface area contributed by atoms with Crippen molar-refractivity contribution >= 4 is 23.9 Å². The first kappa shape index (κ1) is 15.5. The SMILES string of the molecule is O=Cc1ccc(-c2ccc(C=C(C(=O)O)c3ccccc3)cc2)o1. The first-order valence-corrected chi connectivity index (χ1v) is 7.33. The Morgan fingerprint density at radius 3 is 2.21 bits per heavy atom. The van der Waals surface area contributed by atoms with Gasteiger partial charge >= 0.3 is 5.97 Å². The van der Waals surface area contributed by atoms with E-state index in [9.17, 15) is 14.7 Å². The van der Waals surface area contributed by atoms with Crippen molar-refractivity contribution in [3.05, 3.63) is 83.6 Å². The zero-order chi connectivity index (χ0) is 16.9. The van der Waals surface area contributed by atoms with Gasteiger partial charge in [0.15, 0.2) is 12.0 Å². The topological polar surface area (TPSA) is 67.5 Å². The van der Waals surface area contributed by atoms with Crippen molar-refractivity contribution in [2.45, 2.75) is 0 Å². The van der Waals surface area contributed by atoms with Gasteiger partial charge in [-0.15, -0.1) is 0 Å². The van der Waals surface area contributed by atoms with E-state index in [-0.39, 0.29) is 11.3 Å². The highest BCUT2D eigenvalue weighted by atomic mass is 16.4. The Hall–Kier alpha value is -3.40. The van der Waals surface area contributed by atoms with Crippen LogP contribution < -0.4 is 0 Å². The minimum absolute atomic E-state index is 0.226. The normalized spacial score (nSPS) is 11.2. The molecule has 0 amide bonds. The molecule has 0 saturated carbocycles. The first-order valence-electron chi connectivity index (χ1n) is 7.33. The van der Waals surface area contributed by atoms with Gasteiger partial charge in [0, 0.05) is 5.56 Å². The molecule has 1 aromatic heterocycles. The van der Waals surface area contributed by atoms with Crippen LogP contribution in [0.15, 0.2) is 71.1 Å². The van der Waals surface area contributed by atoms with Gasteiger partial charge in [0.1, 0.15) is 5.76 Å². The van der Waals surface area contributed by atoms with Gasteiger partial charge in [0.2, 0.25) is 0 Å². The largest absolute Gasteiger partial charge is 0.478 e. The van der Waals surface area contributed by atoms with Gasteiger partial charge in [-0.05, 0) is 29.3 Å². The van der Waals surface area contributed by atoms with Crippen LogP contribution in [0.25, 0.3) is 23.0 Å². The number of carboxylic acids is 1. The standard InChI is InChI=1S/C20H14O4/c21-13-17-10-11-19(24-17)16-8-6-14(7-9-16)12-18(20(22)23)15-4-2-1-3-5-15/h1-13H,(H,22,23). The van der Waals surface area contributed by atoms with Gasteiger partial charge in [0.25, 0.3) is 0 Å². The van der Waals surface area contributed by atoms with Crippen molar-refractivity contribution in [2.75, 3.05) is 0 Å². The van der Waals surface area contributed by atoms with Crippen LogP contribution in [0.1, 0.15) is 21.7 Å². The molecule has 0 atom stereocenters. The lowest BCUT2D eigenvalue weighted by atomic mass is 10.0. The van der Waals surface area contributed by atoms with E-state index in [0.717, 1.165) is 11.1 Å². The van der Waals surface area contributed by atoms with Gasteiger partial charge in [-0.3, -0.25) is 4.79 Å². The molecule has 1 N–H and O–H groups in total. The number of benzene rings is 2. The van der Waals surface area contributed by atoms with Gasteiger partial charge in [-0.25, -0.2) is 4.79 Å². The predicted molar refractivity (Wildman–Crippen MR) is 91.5 cm³/mol. The van der Waals surface area contributed by atoms with Crippen LogP contribution >= 0.6 is 0 Å². The maximum Gasteiger partial charge on any atom is 0.336 e. The van der Waals surface area contributed by atoms with E-state index in [1.807, 2.05) is 30.3 Å². The summed E-state index contributed by atoms with van der Waals surface area (Å²) in [5.41, 5.74) is 2.46. The van der Waals surface area contributed by atoms with Crippen LogP contribution in [0.2, 0.25) is 0 Å². The van der Waals surface area contributed by atoms with E-state index in [1.165, 1.54) is 0 Å². The zero-order valence-electron chi connectivity index (χ0n) is 12.7. The summed E-state index contributed by atoms with van der Waals surface area (Å²) in [5, 5.41) is 9.43. The fraction of sp³-hybridized carbons (Fsp3) is 0. The van der Waals surface area contributed by atoms with Gasteiger partial charge < -0.3 is 9.52 Å². The second kappa shape index (κ2) is 6.79. The van der Waals surface area contributed by atoms with E-state index >= 15 is 0 Å². The molecule has 2 aromatic carbocycles. The average Bonchev–Trinajstić information content (AvgIpc) is 3.10. The molecule has 3 rings (SSSR count). The molecular weight excluding hydrogens is 304 g/mol. The van der Waals surface area contributed by atoms with Crippen molar-refractivity contribution in [1.29, 1.82) is 0 Å². The second-order valence-electron chi connectivity index (χ2n) is 5.17. The highest BCUT2D eigenvalue weighted by molar-refractivity contribution is 6.20. The second-order valence-corrected chi connectivity index (χ2v) is 5.17. The number of carbonyl (C=O) groups is 2. The molecule has 0 aliphatic rings. The Kier molecular flexibility index (Phi) is 4.38. The number of furan rings is 1. The van der Waals surface area contributed by atoms with Crippen LogP contribution in [0.5, 0.6) is 0 Å². The van der Waals surface area contributed by atoms with Crippen LogP contribution in [-0.2, 0) is 4.79 Å². The molecule has 4 heteroatoms. The van der Waals surface area contributed by atoms with E-state index < -0.39 is 5.97 Å². The smallest absolute Gasteiger partial charge is 0.336 e. The third-order valence-corrected chi connectivity index (χ3v) is 3.56. The molecule has 0 saturated heterocycles. The number of aliphatic carboxylic acids is 1. The Morgan fingerprint density at radius 1 is 0.917 bits per heavy atom. The summed E-state index contributed by atoms with van der Waals surface area (Å²) >= 11 is 0. The molecule has 24 heavy (non-hydrogen) atoms. The monoisotopic (exact) mass is 318 g/mol. The van der Waals surface area contributed by atoms with Crippen molar-refractivity contribution in [3.63, 3.8) is 0 Å². The molecule has 1 heterocycles. The van der Waals surface area contributed by atoms with Crippen molar-refractivity contribution < 1.29 is 19.1 Å². The summed E-state index contributed by atoms with van der Waals surface area (Å²) in [7, 11) is 0. The molecule has 0 aliphatic carbocycles. The molecular formula is C20H14O4. The summed E-state index contributed by atoms with van der Waals surface area (Å²) < 4.78 is 5.37. The summed E-state index contributed by atoms with van der Waals surface area (Å²) in [6.07, 6.45) is 2.28. The van der Waals surface area contributed by atoms with Crippen molar-refractivity contribution in [3.8, 4) is 11.3 Å². The number of hydrogen-bond donors (Lipinski definition) is 1. The van der Waals surface area contributed by atoms with Gasteiger partial charge in [0.05, 0.1) is 5.57 Å².